The molecule has 1 aliphatic heterocycles. The summed E-state index contributed by atoms with van der Waals surface area (Å²) in [6.45, 7) is 11.5. The molecule has 1 fully saturated rings. The Hall–Kier alpha value is -1.43. The van der Waals surface area contributed by atoms with Gasteiger partial charge in [0.15, 0.2) is 0 Å². The second-order valence-corrected chi connectivity index (χ2v) is 6.15. The van der Waals surface area contributed by atoms with E-state index >= 15 is 0 Å². The zero-order valence-corrected chi connectivity index (χ0v) is 13.6. The number of hydrogen-bond donors (Lipinski definition) is 1. The van der Waals surface area contributed by atoms with Gasteiger partial charge in [-0.05, 0) is 47.1 Å². The van der Waals surface area contributed by atoms with Crippen LogP contribution in [0.3, 0.4) is 0 Å². The van der Waals surface area contributed by atoms with Gasteiger partial charge in [-0.1, -0.05) is 0 Å². The minimum Gasteiger partial charge on any atom is -0.354 e. The lowest BCUT2D eigenvalue weighted by Crippen LogP contribution is -2.46. The summed E-state index contributed by atoms with van der Waals surface area (Å²) < 4.78 is 1.84. The lowest BCUT2D eigenvalue weighted by atomic mass is 9.96. The highest BCUT2D eigenvalue weighted by atomic mass is 16.1. The van der Waals surface area contributed by atoms with E-state index in [1.807, 2.05) is 18.5 Å². The summed E-state index contributed by atoms with van der Waals surface area (Å²) in [5.74, 6) is 1.97. The van der Waals surface area contributed by atoms with Crippen LogP contribution in [0.25, 0.3) is 0 Å². The van der Waals surface area contributed by atoms with E-state index in [4.69, 9.17) is 0 Å². The van der Waals surface area contributed by atoms with Gasteiger partial charge in [-0.3, -0.25) is 4.79 Å². The van der Waals surface area contributed by atoms with Gasteiger partial charge in [0.05, 0.1) is 12.5 Å². The van der Waals surface area contributed by atoms with Gasteiger partial charge >= 0.3 is 0 Å². The van der Waals surface area contributed by atoms with Crippen molar-refractivity contribution in [3.8, 4) is 0 Å². The molecule has 1 saturated heterocycles. The molecule has 1 aromatic heterocycles. The predicted molar refractivity (Wildman–Crippen MR) is 81.9 cm³/mol. The number of aryl methyl sites for hydroxylation is 2. The normalized spacial score (nSPS) is 20.0. The average Bonchev–Trinajstić information content (AvgIpc) is 2.77. The minimum atomic E-state index is 0.125. The van der Waals surface area contributed by atoms with E-state index in [0.717, 1.165) is 37.6 Å². The maximum absolute atomic E-state index is 12.3. The van der Waals surface area contributed by atoms with Crippen LogP contribution in [0.4, 0.5) is 0 Å². The van der Waals surface area contributed by atoms with Gasteiger partial charge in [-0.15, -0.1) is 0 Å². The zero-order chi connectivity index (χ0) is 15.4. The van der Waals surface area contributed by atoms with E-state index in [-0.39, 0.29) is 11.8 Å². The van der Waals surface area contributed by atoms with Gasteiger partial charge in [0, 0.05) is 19.1 Å². The van der Waals surface area contributed by atoms with Crippen LogP contribution in [0.2, 0.25) is 0 Å². The maximum atomic E-state index is 12.3. The number of nitrogens with zero attached hydrogens (tertiary/aromatic N) is 4. The Morgan fingerprint density at radius 1 is 1.43 bits per heavy atom. The molecular formula is C15H27N5O. The molecule has 1 aliphatic rings. The van der Waals surface area contributed by atoms with E-state index < -0.39 is 0 Å². The molecule has 1 N–H and O–H groups in total. The SMILES string of the molecule is Cc1nc(C)n(CCNC(=O)[C@H]2CCCN(C(C)C)C2)n1. The summed E-state index contributed by atoms with van der Waals surface area (Å²) in [7, 11) is 0. The summed E-state index contributed by atoms with van der Waals surface area (Å²) >= 11 is 0. The molecule has 1 amide bonds. The fourth-order valence-corrected chi connectivity index (χ4v) is 2.89. The Labute approximate surface area is 126 Å². The molecule has 21 heavy (non-hydrogen) atoms. The molecule has 0 saturated carbocycles. The molecule has 118 valence electrons. The fourth-order valence-electron chi connectivity index (χ4n) is 2.89. The third-order valence-electron chi connectivity index (χ3n) is 4.14. The molecule has 0 bridgehead atoms. The van der Waals surface area contributed by atoms with Crippen molar-refractivity contribution in [2.45, 2.75) is 53.1 Å². The van der Waals surface area contributed by atoms with Crippen molar-refractivity contribution in [2.24, 2.45) is 5.92 Å². The van der Waals surface area contributed by atoms with Crippen LogP contribution in [-0.4, -0.2) is 51.2 Å². The van der Waals surface area contributed by atoms with Crippen molar-refractivity contribution in [3.05, 3.63) is 11.6 Å². The van der Waals surface area contributed by atoms with Crippen molar-refractivity contribution in [1.82, 2.24) is 25.0 Å². The molecule has 6 nitrogen and oxygen atoms in total. The first-order valence-electron chi connectivity index (χ1n) is 7.87. The first-order chi connectivity index (χ1) is 9.97. The molecular weight excluding hydrogens is 266 g/mol. The number of amides is 1. The summed E-state index contributed by atoms with van der Waals surface area (Å²) in [6.07, 6.45) is 2.11. The summed E-state index contributed by atoms with van der Waals surface area (Å²) in [6, 6.07) is 0.515. The van der Waals surface area contributed by atoms with Crippen LogP contribution in [0.5, 0.6) is 0 Å². The number of rotatable bonds is 5. The number of carbonyl (C=O) groups is 1. The molecule has 1 aromatic rings. The molecule has 0 spiro atoms. The highest BCUT2D eigenvalue weighted by Gasteiger charge is 2.26. The Kier molecular flexibility index (Phi) is 5.33. The van der Waals surface area contributed by atoms with Crippen molar-refractivity contribution in [3.63, 3.8) is 0 Å². The third-order valence-corrected chi connectivity index (χ3v) is 4.14. The van der Waals surface area contributed by atoms with Gasteiger partial charge in [0.2, 0.25) is 5.91 Å². The third kappa shape index (κ3) is 4.27. The fraction of sp³-hybridized carbons (Fsp3) is 0.800. The first kappa shape index (κ1) is 15.9. The van der Waals surface area contributed by atoms with Crippen molar-refractivity contribution >= 4 is 5.91 Å². The molecule has 2 rings (SSSR count). The predicted octanol–water partition coefficient (Wildman–Crippen LogP) is 1.13. The minimum absolute atomic E-state index is 0.125. The molecule has 6 heteroatoms. The van der Waals surface area contributed by atoms with Crippen LogP contribution in [-0.2, 0) is 11.3 Å². The number of nitrogens with one attached hydrogen (secondary N) is 1. The monoisotopic (exact) mass is 293 g/mol. The van der Waals surface area contributed by atoms with Crippen molar-refractivity contribution in [2.75, 3.05) is 19.6 Å². The molecule has 0 unspecified atom stereocenters. The number of piperidine rings is 1. The van der Waals surface area contributed by atoms with Crippen LogP contribution in [0.15, 0.2) is 0 Å². The lowest BCUT2D eigenvalue weighted by molar-refractivity contribution is -0.126. The van der Waals surface area contributed by atoms with Crippen LogP contribution < -0.4 is 5.32 Å². The smallest absolute Gasteiger partial charge is 0.224 e. The second kappa shape index (κ2) is 7.02. The molecule has 2 heterocycles. The Balaban J connectivity index is 1.78. The number of aromatic nitrogens is 3. The van der Waals surface area contributed by atoms with Crippen LogP contribution in [0, 0.1) is 19.8 Å². The average molecular weight is 293 g/mol. The van der Waals surface area contributed by atoms with Gasteiger partial charge in [-0.25, -0.2) is 9.67 Å². The highest BCUT2D eigenvalue weighted by Crippen LogP contribution is 2.18. The number of likely N-dealkylation sites (tertiary alicyclic amines) is 1. The van der Waals surface area contributed by atoms with Crippen molar-refractivity contribution in [1.29, 1.82) is 0 Å². The Morgan fingerprint density at radius 2 is 2.19 bits per heavy atom. The number of carbonyl (C=O) groups excluding carboxylic acids is 1. The van der Waals surface area contributed by atoms with E-state index in [1.54, 1.807) is 0 Å². The summed E-state index contributed by atoms with van der Waals surface area (Å²) in [4.78, 5) is 18.9. The summed E-state index contributed by atoms with van der Waals surface area (Å²) in [5.41, 5.74) is 0. The Morgan fingerprint density at radius 3 is 2.81 bits per heavy atom. The lowest BCUT2D eigenvalue weighted by Gasteiger charge is -2.34. The Bertz CT molecular complexity index is 482. The summed E-state index contributed by atoms with van der Waals surface area (Å²) in [5, 5.41) is 7.34. The topological polar surface area (TPSA) is 63.1 Å². The highest BCUT2D eigenvalue weighted by molar-refractivity contribution is 5.78. The van der Waals surface area contributed by atoms with Gasteiger partial charge in [0.25, 0.3) is 0 Å². The van der Waals surface area contributed by atoms with Gasteiger partial charge in [0.1, 0.15) is 11.6 Å². The van der Waals surface area contributed by atoms with Gasteiger partial charge in [-0.2, -0.15) is 5.10 Å². The van der Waals surface area contributed by atoms with E-state index in [0.29, 0.717) is 19.1 Å². The zero-order valence-electron chi connectivity index (χ0n) is 13.6. The number of hydrogen-bond acceptors (Lipinski definition) is 4. The van der Waals surface area contributed by atoms with E-state index in [2.05, 4.69) is 34.1 Å². The van der Waals surface area contributed by atoms with Gasteiger partial charge < -0.3 is 10.2 Å². The van der Waals surface area contributed by atoms with E-state index in [1.165, 1.54) is 0 Å². The molecule has 1 atom stereocenters. The quantitative estimate of drug-likeness (QED) is 0.884. The standard InChI is InChI=1S/C15H27N5O/c1-11(2)19-8-5-6-14(10-19)15(21)16-7-9-20-13(4)17-12(3)18-20/h11,14H,5-10H2,1-4H3,(H,16,21)/t14-/m0/s1. The van der Waals surface area contributed by atoms with Crippen molar-refractivity contribution < 1.29 is 4.79 Å². The van der Waals surface area contributed by atoms with E-state index in [9.17, 15) is 4.79 Å². The largest absolute Gasteiger partial charge is 0.354 e. The molecule has 0 aliphatic carbocycles. The molecule has 0 radical (unpaired) electrons. The molecule has 0 aromatic carbocycles. The van der Waals surface area contributed by atoms with Crippen LogP contribution >= 0.6 is 0 Å². The van der Waals surface area contributed by atoms with Crippen LogP contribution in [0.1, 0.15) is 38.3 Å². The maximum Gasteiger partial charge on any atom is 0.224 e. The first-order valence-corrected chi connectivity index (χ1v) is 7.87. The second-order valence-electron chi connectivity index (χ2n) is 6.15.